The molecule has 0 bridgehead atoms. The molecule has 0 saturated carbocycles. The second-order valence-electron chi connectivity index (χ2n) is 5.38. The van der Waals surface area contributed by atoms with Crippen molar-refractivity contribution < 1.29 is 9.53 Å². The molecule has 24 heavy (non-hydrogen) atoms. The zero-order chi connectivity index (χ0) is 16.9. The number of carbonyl (C=O) groups excluding carboxylic acids is 1. The molecule has 3 aromatic rings. The van der Waals surface area contributed by atoms with Gasteiger partial charge in [-0.3, -0.25) is 4.79 Å². The third-order valence-corrected chi connectivity index (χ3v) is 4.19. The Labute approximate surface area is 143 Å². The van der Waals surface area contributed by atoms with Gasteiger partial charge in [0.25, 0.3) is 0 Å². The van der Waals surface area contributed by atoms with Crippen LogP contribution in [0.3, 0.4) is 0 Å². The van der Waals surface area contributed by atoms with E-state index in [1.807, 2.05) is 37.4 Å². The first-order valence-electron chi connectivity index (χ1n) is 7.65. The molecule has 0 radical (unpaired) electrons. The van der Waals surface area contributed by atoms with Crippen LogP contribution in [-0.4, -0.2) is 33.7 Å². The molecule has 3 N–H and O–H groups in total. The molecule has 7 nitrogen and oxygen atoms in total. The smallest absolute Gasteiger partial charge is 0.224 e. The van der Waals surface area contributed by atoms with Crippen molar-refractivity contribution in [2.75, 3.05) is 13.2 Å². The van der Waals surface area contributed by atoms with E-state index in [0.29, 0.717) is 19.6 Å². The van der Waals surface area contributed by atoms with Gasteiger partial charge in [0.15, 0.2) is 0 Å². The number of hydrogen-bond donors (Lipinski definition) is 2. The predicted octanol–water partition coefficient (Wildman–Crippen LogP) is 1.55. The van der Waals surface area contributed by atoms with Gasteiger partial charge in [0.2, 0.25) is 10.9 Å². The first-order chi connectivity index (χ1) is 11.7. The lowest BCUT2D eigenvalue weighted by molar-refractivity contribution is -0.121. The quantitative estimate of drug-likeness (QED) is 0.677. The van der Waals surface area contributed by atoms with Crippen molar-refractivity contribution in [1.82, 2.24) is 19.9 Å². The summed E-state index contributed by atoms with van der Waals surface area (Å²) in [5.74, 6) is 0.700. The van der Waals surface area contributed by atoms with E-state index in [0.717, 1.165) is 22.0 Å². The minimum atomic E-state index is -0.168. The van der Waals surface area contributed by atoms with Gasteiger partial charge in [-0.1, -0.05) is 23.5 Å². The molecule has 2 heterocycles. The van der Waals surface area contributed by atoms with Crippen LogP contribution in [0.2, 0.25) is 0 Å². The molecule has 0 saturated heterocycles. The molecule has 1 aromatic carbocycles. The van der Waals surface area contributed by atoms with Crippen molar-refractivity contribution in [3.63, 3.8) is 0 Å². The zero-order valence-electron chi connectivity index (χ0n) is 13.3. The fraction of sp³-hybridized carbons (Fsp3) is 0.312. The molecule has 3 rings (SSSR count). The van der Waals surface area contributed by atoms with Gasteiger partial charge in [0.1, 0.15) is 17.9 Å². The SMILES string of the molecule is C[C@@H](NC(=O)Cc1ccc(OCCN)cc1)c1cn2ncsc2n1. The lowest BCUT2D eigenvalue weighted by Gasteiger charge is -2.11. The van der Waals surface area contributed by atoms with Crippen molar-refractivity contribution in [2.24, 2.45) is 5.73 Å². The van der Waals surface area contributed by atoms with Crippen molar-refractivity contribution in [3.05, 3.63) is 47.2 Å². The largest absolute Gasteiger partial charge is 0.492 e. The van der Waals surface area contributed by atoms with E-state index < -0.39 is 0 Å². The third kappa shape index (κ3) is 3.90. The number of rotatable bonds is 7. The number of imidazole rings is 1. The van der Waals surface area contributed by atoms with Gasteiger partial charge in [-0.15, -0.1) is 0 Å². The van der Waals surface area contributed by atoms with E-state index in [1.54, 1.807) is 10.0 Å². The first-order valence-corrected chi connectivity index (χ1v) is 8.53. The molecule has 0 spiro atoms. The summed E-state index contributed by atoms with van der Waals surface area (Å²) in [7, 11) is 0. The minimum Gasteiger partial charge on any atom is -0.492 e. The molecule has 0 fully saturated rings. The summed E-state index contributed by atoms with van der Waals surface area (Å²) < 4.78 is 7.13. The second kappa shape index (κ2) is 7.41. The van der Waals surface area contributed by atoms with Crippen LogP contribution in [0.25, 0.3) is 4.96 Å². The molecule has 8 heteroatoms. The maximum Gasteiger partial charge on any atom is 0.224 e. The monoisotopic (exact) mass is 345 g/mol. The minimum absolute atomic E-state index is 0.0533. The average Bonchev–Trinajstić information content (AvgIpc) is 3.15. The van der Waals surface area contributed by atoms with Gasteiger partial charge in [-0.2, -0.15) is 5.10 Å². The Morgan fingerprint density at radius 3 is 2.92 bits per heavy atom. The maximum absolute atomic E-state index is 12.2. The first kappa shape index (κ1) is 16.4. The Morgan fingerprint density at radius 1 is 1.42 bits per heavy atom. The summed E-state index contributed by atoms with van der Waals surface area (Å²) in [6, 6.07) is 7.28. The van der Waals surface area contributed by atoms with E-state index in [1.165, 1.54) is 11.3 Å². The molecule has 126 valence electrons. The molecule has 0 aliphatic heterocycles. The zero-order valence-corrected chi connectivity index (χ0v) is 14.1. The number of benzene rings is 1. The van der Waals surface area contributed by atoms with Crippen LogP contribution in [0.1, 0.15) is 24.2 Å². The number of nitrogens with one attached hydrogen (secondary N) is 1. The van der Waals surface area contributed by atoms with Crippen molar-refractivity contribution in [1.29, 1.82) is 0 Å². The van der Waals surface area contributed by atoms with E-state index in [2.05, 4.69) is 15.4 Å². The van der Waals surface area contributed by atoms with E-state index in [-0.39, 0.29) is 11.9 Å². The van der Waals surface area contributed by atoms with Gasteiger partial charge in [-0.05, 0) is 24.6 Å². The number of nitrogens with two attached hydrogens (primary N) is 1. The standard InChI is InChI=1S/C16H19N5O2S/c1-11(14-9-21-16(20-14)24-10-18-21)19-15(22)8-12-2-4-13(5-3-12)23-7-6-17/h2-5,9-11H,6-8,17H2,1H3,(H,19,22)/t11-/m1/s1. The van der Waals surface area contributed by atoms with E-state index in [9.17, 15) is 4.79 Å². The summed E-state index contributed by atoms with van der Waals surface area (Å²) >= 11 is 1.46. The Kier molecular flexibility index (Phi) is 5.07. The topological polar surface area (TPSA) is 94.5 Å². The highest BCUT2D eigenvalue weighted by molar-refractivity contribution is 7.14. The summed E-state index contributed by atoms with van der Waals surface area (Å²) in [6.45, 7) is 2.87. The summed E-state index contributed by atoms with van der Waals surface area (Å²) in [5.41, 5.74) is 8.85. The normalized spacial score (nSPS) is 12.2. The number of amides is 1. The van der Waals surface area contributed by atoms with Gasteiger partial charge >= 0.3 is 0 Å². The number of aromatic nitrogens is 3. The number of fused-ring (bicyclic) bond motifs is 1. The van der Waals surface area contributed by atoms with Crippen molar-refractivity contribution in [2.45, 2.75) is 19.4 Å². The summed E-state index contributed by atoms with van der Waals surface area (Å²) in [5, 5.41) is 7.10. The molecule has 0 aliphatic carbocycles. The molecule has 0 aliphatic rings. The lowest BCUT2D eigenvalue weighted by Crippen LogP contribution is -2.28. The van der Waals surface area contributed by atoms with Gasteiger partial charge < -0.3 is 15.8 Å². The fourth-order valence-electron chi connectivity index (χ4n) is 2.30. The third-order valence-electron chi connectivity index (χ3n) is 3.50. The molecule has 0 unspecified atom stereocenters. The number of ether oxygens (including phenoxy) is 1. The fourth-order valence-corrected chi connectivity index (χ4v) is 2.91. The van der Waals surface area contributed by atoms with E-state index >= 15 is 0 Å². The van der Waals surface area contributed by atoms with Crippen LogP contribution >= 0.6 is 11.3 Å². The average molecular weight is 345 g/mol. The highest BCUT2D eigenvalue weighted by Gasteiger charge is 2.14. The number of hydrogen-bond acceptors (Lipinski definition) is 6. The second-order valence-corrected chi connectivity index (χ2v) is 6.19. The molecular formula is C16H19N5O2S. The molecular weight excluding hydrogens is 326 g/mol. The van der Waals surface area contributed by atoms with E-state index in [4.69, 9.17) is 10.5 Å². The Hall–Kier alpha value is -2.45. The summed E-state index contributed by atoms with van der Waals surface area (Å²) in [4.78, 5) is 17.5. The Bertz CT molecular complexity index is 783. The van der Waals surface area contributed by atoms with Crippen molar-refractivity contribution in [3.8, 4) is 5.75 Å². The number of carbonyl (C=O) groups is 1. The highest BCUT2D eigenvalue weighted by Crippen LogP contribution is 2.16. The molecule has 1 atom stereocenters. The summed E-state index contributed by atoms with van der Waals surface area (Å²) in [6.07, 6.45) is 2.14. The van der Waals surface area contributed by atoms with Gasteiger partial charge in [-0.25, -0.2) is 9.50 Å². The molecule has 2 aromatic heterocycles. The van der Waals surface area contributed by atoms with Gasteiger partial charge in [0, 0.05) is 6.54 Å². The van der Waals surface area contributed by atoms with Crippen LogP contribution in [0, 0.1) is 0 Å². The maximum atomic E-state index is 12.2. The Balaban J connectivity index is 1.55. The van der Waals surface area contributed by atoms with Crippen LogP contribution < -0.4 is 15.8 Å². The van der Waals surface area contributed by atoms with Crippen LogP contribution in [0.5, 0.6) is 5.75 Å². The van der Waals surface area contributed by atoms with Gasteiger partial charge in [0.05, 0.1) is 24.4 Å². The van der Waals surface area contributed by atoms with Crippen molar-refractivity contribution >= 4 is 22.2 Å². The van der Waals surface area contributed by atoms with Crippen LogP contribution in [-0.2, 0) is 11.2 Å². The lowest BCUT2D eigenvalue weighted by atomic mass is 10.1. The highest BCUT2D eigenvalue weighted by atomic mass is 32.1. The van der Waals surface area contributed by atoms with Crippen LogP contribution in [0.4, 0.5) is 0 Å². The Morgan fingerprint density at radius 2 is 2.21 bits per heavy atom. The van der Waals surface area contributed by atoms with Crippen LogP contribution in [0.15, 0.2) is 36.0 Å². The molecule has 1 amide bonds. The number of nitrogens with zero attached hydrogens (tertiary/aromatic N) is 3. The predicted molar refractivity (Wildman–Crippen MR) is 92.1 cm³/mol.